The van der Waals surface area contributed by atoms with Crippen LogP contribution in [0.5, 0.6) is 0 Å². The van der Waals surface area contributed by atoms with Crippen molar-refractivity contribution in [2.24, 2.45) is 0 Å². The lowest BCUT2D eigenvalue weighted by Crippen LogP contribution is -2.51. The van der Waals surface area contributed by atoms with Crippen LogP contribution in [0.15, 0.2) is 11.6 Å². The summed E-state index contributed by atoms with van der Waals surface area (Å²) >= 11 is 1.76. The summed E-state index contributed by atoms with van der Waals surface area (Å²) in [4.78, 5) is 4.45. The van der Waals surface area contributed by atoms with Crippen LogP contribution in [-0.4, -0.2) is 23.2 Å². The summed E-state index contributed by atoms with van der Waals surface area (Å²) in [5.74, 6) is 0. The van der Waals surface area contributed by atoms with E-state index in [0.29, 0.717) is 12.1 Å². The van der Waals surface area contributed by atoms with E-state index in [1.165, 1.54) is 30.7 Å². The molecule has 2 aliphatic rings. The van der Waals surface area contributed by atoms with Gasteiger partial charge in [0.2, 0.25) is 0 Å². The zero-order valence-corrected chi connectivity index (χ0v) is 11.8. The fourth-order valence-electron chi connectivity index (χ4n) is 3.14. The first kappa shape index (κ1) is 12.6. The highest BCUT2D eigenvalue weighted by Crippen LogP contribution is 2.42. The van der Waals surface area contributed by atoms with Gasteiger partial charge in [0.05, 0.1) is 11.6 Å². The van der Waals surface area contributed by atoms with Crippen LogP contribution in [0.4, 0.5) is 0 Å². The Labute approximate surface area is 113 Å². The zero-order chi connectivity index (χ0) is 12.4. The Balaban J connectivity index is 1.61. The van der Waals surface area contributed by atoms with E-state index in [-0.39, 0.29) is 5.60 Å². The van der Waals surface area contributed by atoms with E-state index < -0.39 is 0 Å². The highest BCUT2D eigenvalue weighted by Gasteiger charge is 2.42. The molecule has 1 N–H and O–H groups in total. The van der Waals surface area contributed by atoms with Crippen molar-refractivity contribution >= 4 is 11.3 Å². The van der Waals surface area contributed by atoms with E-state index in [0.717, 1.165) is 19.4 Å². The SMILES string of the molecule is CCC(NC1CCOC2(CCC2)C1)c1nccs1. The Hall–Kier alpha value is -0.450. The Bertz CT molecular complexity index is 375. The van der Waals surface area contributed by atoms with E-state index in [2.05, 4.69) is 22.6 Å². The summed E-state index contributed by atoms with van der Waals surface area (Å²) in [6.45, 7) is 3.16. The van der Waals surface area contributed by atoms with Gasteiger partial charge in [-0.2, -0.15) is 0 Å². The van der Waals surface area contributed by atoms with E-state index in [1.807, 2.05) is 6.20 Å². The van der Waals surface area contributed by atoms with Crippen molar-refractivity contribution in [3.8, 4) is 0 Å². The van der Waals surface area contributed by atoms with Gasteiger partial charge in [0, 0.05) is 24.2 Å². The first-order chi connectivity index (χ1) is 8.81. The van der Waals surface area contributed by atoms with Crippen LogP contribution in [0.3, 0.4) is 0 Å². The van der Waals surface area contributed by atoms with E-state index in [1.54, 1.807) is 11.3 Å². The fourth-order valence-corrected chi connectivity index (χ4v) is 3.93. The standard InChI is InChI=1S/C14H22N2OS/c1-2-12(13-15-7-9-18-13)16-11-4-8-17-14(10-11)5-3-6-14/h7,9,11-12,16H,2-6,8,10H2,1H3. The van der Waals surface area contributed by atoms with Gasteiger partial charge < -0.3 is 10.1 Å². The first-order valence-corrected chi connectivity index (χ1v) is 7.99. The minimum atomic E-state index is 0.233. The number of nitrogens with zero attached hydrogens (tertiary/aromatic N) is 1. The second kappa shape index (κ2) is 5.27. The van der Waals surface area contributed by atoms with Crippen molar-refractivity contribution in [3.63, 3.8) is 0 Å². The molecule has 1 aliphatic carbocycles. The highest BCUT2D eigenvalue weighted by atomic mass is 32.1. The molecule has 1 aromatic heterocycles. The Morgan fingerprint density at radius 3 is 3.11 bits per heavy atom. The molecule has 0 amide bonds. The summed E-state index contributed by atoms with van der Waals surface area (Å²) in [6, 6.07) is 1.03. The molecule has 1 saturated carbocycles. The molecule has 100 valence electrons. The van der Waals surface area contributed by atoms with E-state index >= 15 is 0 Å². The van der Waals surface area contributed by atoms with Gasteiger partial charge in [-0.15, -0.1) is 11.3 Å². The lowest BCUT2D eigenvalue weighted by atomic mass is 9.74. The number of nitrogens with one attached hydrogen (secondary N) is 1. The monoisotopic (exact) mass is 266 g/mol. The normalized spacial score (nSPS) is 27.9. The average molecular weight is 266 g/mol. The molecule has 18 heavy (non-hydrogen) atoms. The number of ether oxygens (including phenoxy) is 1. The van der Waals surface area contributed by atoms with Crippen LogP contribution in [0.1, 0.15) is 56.5 Å². The molecule has 1 aliphatic heterocycles. The lowest BCUT2D eigenvalue weighted by Gasteiger charge is -2.47. The second-order valence-electron chi connectivity index (χ2n) is 5.57. The summed E-state index contributed by atoms with van der Waals surface area (Å²) in [5.41, 5.74) is 0.233. The van der Waals surface area contributed by atoms with E-state index in [4.69, 9.17) is 4.74 Å². The predicted octanol–water partition coefficient (Wildman–Crippen LogP) is 3.29. The van der Waals surface area contributed by atoms with Gasteiger partial charge in [-0.05, 0) is 38.5 Å². The third kappa shape index (κ3) is 2.46. The molecule has 2 unspecified atom stereocenters. The van der Waals surface area contributed by atoms with Gasteiger partial charge in [0.25, 0.3) is 0 Å². The van der Waals surface area contributed by atoms with Crippen LogP contribution >= 0.6 is 11.3 Å². The van der Waals surface area contributed by atoms with Crippen LogP contribution in [0, 0.1) is 0 Å². The number of hydrogen-bond acceptors (Lipinski definition) is 4. The summed E-state index contributed by atoms with van der Waals surface area (Å²) in [6.07, 6.45) is 9.22. The van der Waals surface area contributed by atoms with Gasteiger partial charge in [-0.1, -0.05) is 6.92 Å². The largest absolute Gasteiger partial charge is 0.375 e. The van der Waals surface area contributed by atoms with Crippen LogP contribution < -0.4 is 5.32 Å². The molecule has 2 fully saturated rings. The third-order valence-electron chi connectivity index (χ3n) is 4.35. The minimum Gasteiger partial charge on any atom is -0.375 e. The number of hydrogen-bond donors (Lipinski definition) is 1. The van der Waals surface area contributed by atoms with Gasteiger partial charge in [0.1, 0.15) is 5.01 Å². The lowest BCUT2D eigenvalue weighted by molar-refractivity contribution is -0.136. The Morgan fingerprint density at radius 2 is 2.50 bits per heavy atom. The Morgan fingerprint density at radius 1 is 1.61 bits per heavy atom. The minimum absolute atomic E-state index is 0.233. The number of aromatic nitrogens is 1. The molecular formula is C14H22N2OS. The quantitative estimate of drug-likeness (QED) is 0.908. The van der Waals surface area contributed by atoms with Crippen LogP contribution in [0.2, 0.25) is 0 Å². The predicted molar refractivity (Wildman–Crippen MR) is 73.8 cm³/mol. The highest BCUT2D eigenvalue weighted by molar-refractivity contribution is 7.09. The summed E-state index contributed by atoms with van der Waals surface area (Å²) < 4.78 is 5.98. The van der Waals surface area contributed by atoms with Gasteiger partial charge in [0.15, 0.2) is 0 Å². The molecule has 0 bridgehead atoms. The molecule has 3 nitrogen and oxygen atoms in total. The first-order valence-electron chi connectivity index (χ1n) is 7.11. The van der Waals surface area contributed by atoms with E-state index in [9.17, 15) is 0 Å². The maximum absolute atomic E-state index is 5.98. The van der Waals surface area contributed by atoms with Crippen molar-refractivity contribution in [1.29, 1.82) is 0 Å². The number of rotatable bonds is 4. The molecular weight excluding hydrogens is 244 g/mol. The fraction of sp³-hybridized carbons (Fsp3) is 0.786. The molecule has 2 heterocycles. The van der Waals surface area contributed by atoms with Crippen molar-refractivity contribution in [2.75, 3.05) is 6.61 Å². The van der Waals surface area contributed by atoms with Crippen molar-refractivity contribution in [3.05, 3.63) is 16.6 Å². The molecule has 1 spiro atoms. The third-order valence-corrected chi connectivity index (χ3v) is 5.24. The molecule has 1 saturated heterocycles. The zero-order valence-electron chi connectivity index (χ0n) is 11.0. The topological polar surface area (TPSA) is 34.1 Å². The van der Waals surface area contributed by atoms with Gasteiger partial charge in [-0.25, -0.2) is 4.98 Å². The van der Waals surface area contributed by atoms with Crippen molar-refractivity contribution in [1.82, 2.24) is 10.3 Å². The Kier molecular flexibility index (Phi) is 3.68. The number of thiazole rings is 1. The smallest absolute Gasteiger partial charge is 0.109 e. The summed E-state index contributed by atoms with van der Waals surface area (Å²) in [7, 11) is 0. The molecule has 2 atom stereocenters. The average Bonchev–Trinajstić information content (AvgIpc) is 2.88. The maximum atomic E-state index is 5.98. The molecule has 0 aromatic carbocycles. The van der Waals surface area contributed by atoms with Crippen molar-refractivity contribution < 1.29 is 4.74 Å². The van der Waals surface area contributed by atoms with Gasteiger partial charge in [-0.3, -0.25) is 0 Å². The molecule has 3 rings (SSSR count). The van der Waals surface area contributed by atoms with Crippen LogP contribution in [-0.2, 0) is 4.74 Å². The summed E-state index contributed by atoms with van der Waals surface area (Å²) in [5, 5.41) is 7.09. The molecule has 4 heteroatoms. The van der Waals surface area contributed by atoms with Crippen LogP contribution in [0.25, 0.3) is 0 Å². The second-order valence-corrected chi connectivity index (χ2v) is 6.50. The van der Waals surface area contributed by atoms with Gasteiger partial charge >= 0.3 is 0 Å². The maximum Gasteiger partial charge on any atom is 0.109 e. The molecule has 0 radical (unpaired) electrons. The van der Waals surface area contributed by atoms with Crippen molar-refractivity contribution in [2.45, 2.75) is 63.1 Å². The molecule has 1 aromatic rings.